The van der Waals surface area contributed by atoms with Crippen LogP contribution in [0, 0.1) is 0 Å². The number of hydrogen-bond donors (Lipinski definition) is 1. The van der Waals surface area contributed by atoms with Crippen molar-refractivity contribution in [3.8, 4) is 0 Å². The van der Waals surface area contributed by atoms with E-state index in [4.69, 9.17) is 5.73 Å². The molecule has 0 bridgehead atoms. The molecular formula is C15H31N5O. The zero-order valence-electron chi connectivity index (χ0n) is 13.5. The largest absolute Gasteiger partial charge is 0.339 e. The van der Waals surface area contributed by atoms with Gasteiger partial charge >= 0.3 is 0 Å². The van der Waals surface area contributed by atoms with Gasteiger partial charge in [0.15, 0.2) is 0 Å². The molecule has 2 N–H and O–H groups in total. The lowest BCUT2D eigenvalue weighted by Crippen LogP contribution is -2.50. The molecule has 0 spiro atoms. The molecular weight excluding hydrogens is 266 g/mol. The third-order valence-electron chi connectivity index (χ3n) is 4.57. The molecule has 0 saturated carbocycles. The minimum Gasteiger partial charge on any atom is -0.339 e. The average molecular weight is 297 g/mol. The zero-order valence-corrected chi connectivity index (χ0v) is 13.5. The number of carbonyl (C=O) groups excluding carboxylic acids is 1. The van der Waals surface area contributed by atoms with Gasteiger partial charge in [-0.05, 0) is 46.1 Å². The van der Waals surface area contributed by atoms with Crippen molar-refractivity contribution in [3.05, 3.63) is 0 Å². The first-order valence-corrected chi connectivity index (χ1v) is 8.30. The van der Waals surface area contributed by atoms with Gasteiger partial charge < -0.3 is 20.4 Å². The summed E-state index contributed by atoms with van der Waals surface area (Å²) in [6.07, 6.45) is 2.22. The molecule has 2 rings (SSSR count). The van der Waals surface area contributed by atoms with Gasteiger partial charge in [0.05, 0.1) is 6.54 Å². The molecule has 0 aliphatic carbocycles. The van der Waals surface area contributed by atoms with E-state index in [9.17, 15) is 4.79 Å². The highest BCUT2D eigenvalue weighted by molar-refractivity contribution is 5.78. The molecule has 2 fully saturated rings. The molecule has 0 atom stereocenters. The van der Waals surface area contributed by atoms with Gasteiger partial charge in [-0.3, -0.25) is 9.69 Å². The molecule has 2 aliphatic heterocycles. The summed E-state index contributed by atoms with van der Waals surface area (Å²) in [6, 6.07) is 0. The number of nitrogens with zero attached hydrogens (tertiary/aromatic N) is 4. The Morgan fingerprint density at radius 2 is 1.62 bits per heavy atom. The maximum Gasteiger partial charge on any atom is 0.236 e. The van der Waals surface area contributed by atoms with E-state index in [2.05, 4.69) is 21.7 Å². The van der Waals surface area contributed by atoms with E-state index in [-0.39, 0.29) is 0 Å². The van der Waals surface area contributed by atoms with Crippen molar-refractivity contribution in [2.24, 2.45) is 5.73 Å². The fraction of sp³-hybridized carbons (Fsp3) is 0.933. The Hall–Kier alpha value is -0.690. The van der Waals surface area contributed by atoms with Crippen LogP contribution in [0.4, 0.5) is 0 Å². The quantitative estimate of drug-likeness (QED) is 0.714. The molecule has 2 aliphatic rings. The molecule has 21 heavy (non-hydrogen) atoms. The molecule has 0 aromatic heterocycles. The Morgan fingerprint density at radius 1 is 0.952 bits per heavy atom. The normalized spacial score (nSPS) is 23.2. The highest BCUT2D eigenvalue weighted by Crippen LogP contribution is 2.06. The minimum atomic E-state index is 0.304. The fourth-order valence-corrected chi connectivity index (χ4v) is 3.07. The van der Waals surface area contributed by atoms with Crippen LogP contribution in [-0.2, 0) is 4.79 Å². The second-order valence-corrected chi connectivity index (χ2v) is 6.30. The van der Waals surface area contributed by atoms with Crippen LogP contribution in [0.2, 0.25) is 0 Å². The first-order chi connectivity index (χ1) is 10.2. The summed E-state index contributed by atoms with van der Waals surface area (Å²) in [6.45, 7) is 10.5. The van der Waals surface area contributed by atoms with Gasteiger partial charge in [0.2, 0.25) is 5.91 Å². The number of nitrogens with two attached hydrogens (primary N) is 1. The number of carbonyl (C=O) groups is 1. The fourth-order valence-electron chi connectivity index (χ4n) is 3.07. The van der Waals surface area contributed by atoms with Gasteiger partial charge in [0.1, 0.15) is 0 Å². The van der Waals surface area contributed by atoms with Crippen molar-refractivity contribution in [2.45, 2.75) is 12.8 Å². The van der Waals surface area contributed by atoms with Crippen LogP contribution < -0.4 is 5.73 Å². The Morgan fingerprint density at radius 3 is 2.33 bits per heavy atom. The predicted molar refractivity (Wildman–Crippen MR) is 85.2 cm³/mol. The highest BCUT2D eigenvalue weighted by Gasteiger charge is 2.22. The second-order valence-electron chi connectivity index (χ2n) is 6.30. The number of piperazine rings is 1. The van der Waals surface area contributed by atoms with E-state index in [1.807, 2.05) is 4.90 Å². The molecule has 6 heteroatoms. The lowest BCUT2D eigenvalue weighted by Gasteiger charge is -2.33. The standard InChI is InChI=1S/C15H31N5O/c1-17-8-12-20(13-9-17)15(21)14-19-7-3-6-18(10-11-19)5-2-4-16/h2-14,16H2,1H3. The number of rotatable bonds is 5. The van der Waals surface area contributed by atoms with Gasteiger partial charge in [0.25, 0.3) is 0 Å². The molecule has 0 aromatic carbocycles. The minimum absolute atomic E-state index is 0.304. The van der Waals surface area contributed by atoms with Gasteiger partial charge in [-0.1, -0.05) is 0 Å². The monoisotopic (exact) mass is 297 g/mol. The van der Waals surface area contributed by atoms with Crippen LogP contribution >= 0.6 is 0 Å². The van der Waals surface area contributed by atoms with E-state index < -0.39 is 0 Å². The first-order valence-electron chi connectivity index (χ1n) is 8.30. The highest BCUT2D eigenvalue weighted by atomic mass is 16.2. The number of hydrogen-bond acceptors (Lipinski definition) is 5. The van der Waals surface area contributed by atoms with Crippen molar-refractivity contribution in [1.29, 1.82) is 0 Å². The molecule has 1 amide bonds. The average Bonchev–Trinajstić information content (AvgIpc) is 2.71. The summed E-state index contributed by atoms with van der Waals surface area (Å²) >= 11 is 0. The third-order valence-corrected chi connectivity index (χ3v) is 4.57. The summed E-state index contributed by atoms with van der Waals surface area (Å²) in [5, 5.41) is 0. The topological polar surface area (TPSA) is 56.0 Å². The van der Waals surface area contributed by atoms with E-state index in [0.29, 0.717) is 12.5 Å². The summed E-state index contributed by atoms with van der Waals surface area (Å²) in [4.78, 5) is 21.5. The lowest BCUT2D eigenvalue weighted by molar-refractivity contribution is -0.133. The van der Waals surface area contributed by atoms with Crippen molar-refractivity contribution < 1.29 is 4.79 Å². The van der Waals surface area contributed by atoms with Crippen LogP contribution in [0.25, 0.3) is 0 Å². The van der Waals surface area contributed by atoms with Gasteiger partial charge in [-0.2, -0.15) is 0 Å². The number of likely N-dealkylation sites (N-methyl/N-ethyl adjacent to an activating group) is 1. The van der Waals surface area contributed by atoms with E-state index in [0.717, 1.165) is 78.3 Å². The Bertz CT molecular complexity index is 317. The van der Waals surface area contributed by atoms with Gasteiger partial charge in [-0.15, -0.1) is 0 Å². The molecule has 2 heterocycles. The SMILES string of the molecule is CN1CCN(C(=O)CN2CCCN(CCCN)CC2)CC1. The smallest absolute Gasteiger partial charge is 0.236 e. The van der Waals surface area contributed by atoms with Gasteiger partial charge in [-0.25, -0.2) is 0 Å². The summed E-state index contributed by atoms with van der Waals surface area (Å²) in [5.41, 5.74) is 5.58. The van der Waals surface area contributed by atoms with E-state index in [1.165, 1.54) is 0 Å². The molecule has 0 aromatic rings. The van der Waals surface area contributed by atoms with Crippen LogP contribution in [0.3, 0.4) is 0 Å². The van der Waals surface area contributed by atoms with Crippen LogP contribution in [0.5, 0.6) is 0 Å². The zero-order chi connectivity index (χ0) is 15.1. The maximum absolute atomic E-state index is 12.4. The molecule has 122 valence electrons. The van der Waals surface area contributed by atoms with Crippen LogP contribution in [0.1, 0.15) is 12.8 Å². The predicted octanol–water partition coefficient (Wildman–Crippen LogP) is -0.883. The Balaban J connectivity index is 1.71. The van der Waals surface area contributed by atoms with Crippen molar-refractivity contribution in [1.82, 2.24) is 19.6 Å². The third kappa shape index (κ3) is 5.54. The summed E-state index contributed by atoms with van der Waals surface area (Å²) in [7, 11) is 2.12. The maximum atomic E-state index is 12.4. The molecule has 0 radical (unpaired) electrons. The number of amides is 1. The molecule has 0 unspecified atom stereocenters. The van der Waals surface area contributed by atoms with Crippen LogP contribution in [0.15, 0.2) is 0 Å². The first kappa shape index (κ1) is 16.7. The summed E-state index contributed by atoms with van der Waals surface area (Å²) < 4.78 is 0. The lowest BCUT2D eigenvalue weighted by atomic mass is 10.3. The molecule has 6 nitrogen and oxygen atoms in total. The molecule has 2 saturated heterocycles. The van der Waals surface area contributed by atoms with E-state index >= 15 is 0 Å². The second kappa shape index (κ2) is 8.68. The van der Waals surface area contributed by atoms with Crippen molar-refractivity contribution in [2.75, 3.05) is 79.0 Å². The Labute approximate surface area is 128 Å². The van der Waals surface area contributed by atoms with Crippen LogP contribution in [-0.4, -0.2) is 105 Å². The Kier molecular flexibility index (Phi) is 6.89. The van der Waals surface area contributed by atoms with Gasteiger partial charge in [0, 0.05) is 39.3 Å². The summed E-state index contributed by atoms with van der Waals surface area (Å²) in [5.74, 6) is 0.304. The van der Waals surface area contributed by atoms with Crippen molar-refractivity contribution in [3.63, 3.8) is 0 Å². The van der Waals surface area contributed by atoms with E-state index in [1.54, 1.807) is 0 Å². The van der Waals surface area contributed by atoms with Crippen molar-refractivity contribution >= 4 is 5.91 Å².